The molecule has 4 aromatic carbocycles. The number of nitrogens with one attached hydrogen (secondary N) is 4. The number of halogens is 1. The number of nitrogens with zero attached hydrogens (tertiary/aromatic N) is 6. The number of piperazine rings is 1. The number of hydrogen-bond acceptors (Lipinski definition) is 15. The fourth-order valence-corrected chi connectivity index (χ4v) is 12.7. The van der Waals surface area contributed by atoms with Crippen LogP contribution in [0.1, 0.15) is 101 Å². The predicted octanol–water partition coefficient (Wildman–Crippen LogP) is 7.92. The number of fused-ring (bicyclic) bond motifs is 2. The molecule has 23 heteroatoms. The third-order valence-corrected chi connectivity index (χ3v) is 17.9. The van der Waals surface area contributed by atoms with Crippen molar-refractivity contribution in [2.24, 2.45) is 11.3 Å². The number of aromatic nitrogens is 2. The van der Waals surface area contributed by atoms with Crippen molar-refractivity contribution in [3.63, 3.8) is 0 Å². The van der Waals surface area contributed by atoms with Crippen molar-refractivity contribution < 1.29 is 46.8 Å². The van der Waals surface area contributed by atoms with Crippen LogP contribution < -0.4 is 25.0 Å². The number of amides is 6. The van der Waals surface area contributed by atoms with Crippen LogP contribution in [-0.2, 0) is 24.4 Å². The first kappa shape index (κ1) is 56.9. The lowest BCUT2D eigenvalue weighted by Gasteiger charge is -2.39. The Hall–Kier alpha value is -8.91. The Labute approximate surface area is 488 Å². The van der Waals surface area contributed by atoms with E-state index in [-0.39, 0.29) is 64.4 Å². The number of ether oxygens (including phenoxy) is 1. The summed E-state index contributed by atoms with van der Waals surface area (Å²) in [5.74, 6) is 1.42. The van der Waals surface area contributed by atoms with Crippen LogP contribution in [0.25, 0.3) is 16.6 Å². The summed E-state index contributed by atoms with van der Waals surface area (Å²) in [7, 11) is -4.70. The number of carbonyl (C=O) groups is 6. The maximum absolute atomic E-state index is 14.1. The molecule has 5 aliphatic rings. The predicted molar refractivity (Wildman–Crippen MR) is 313 cm³/mol. The first-order chi connectivity index (χ1) is 40.3. The topological polar surface area (TPSA) is 267 Å². The quantitative estimate of drug-likeness (QED) is 0.0349. The van der Waals surface area contributed by atoms with Gasteiger partial charge >= 0.3 is 0 Å². The highest BCUT2D eigenvalue weighted by Crippen LogP contribution is 2.44. The average Bonchev–Trinajstić information content (AvgIpc) is 2.70. The highest BCUT2D eigenvalue weighted by Gasteiger charge is 2.45. The van der Waals surface area contributed by atoms with Gasteiger partial charge in [0, 0.05) is 105 Å². The van der Waals surface area contributed by atoms with Crippen LogP contribution in [0.2, 0.25) is 5.02 Å². The molecule has 1 atom stereocenters. The summed E-state index contributed by atoms with van der Waals surface area (Å²) in [4.78, 5) is 104. The number of carbonyl (C=O) groups excluding carboxylic acids is 6. The van der Waals surface area contributed by atoms with Crippen molar-refractivity contribution in [2.45, 2.75) is 69.7 Å². The minimum absolute atomic E-state index is 0.00909. The number of nitro benzene ring substituents is 1. The van der Waals surface area contributed by atoms with E-state index in [1.165, 1.54) is 64.2 Å². The van der Waals surface area contributed by atoms with Gasteiger partial charge in [0.2, 0.25) is 11.8 Å². The second kappa shape index (κ2) is 23.4. The monoisotopic (exact) mass is 1170 g/mol. The fraction of sp³-hybridized carbons (Fsp3) is 0.328. The van der Waals surface area contributed by atoms with Crippen molar-refractivity contribution >= 4 is 90.7 Å². The van der Waals surface area contributed by atoms with Gasteiger partial charge in [-0.25, -0.2) is 18.1 Å². The molecule has 4 aliphatic heterocycles. The Morgan fingerprint density at radius 3 is 2.43 bits per heavy atom. The Kier molecular flexibility index (Phi) is 15.9. The van der Waals surface area contributed by atoms with Gasteiger partial charge in [0.25, 0.3) is 39.3 Å². The molecule has 6 heterocycles. The van der Waals surface area contributed by atoms with E-state index in [4.69, 9.17) is 16.3 Å². The third-order valence-electron chi connectivity index (χ3n) is 16.3. The standard InChI is InChI=1S/C61H59ClN10O11S/c1-61(2)22-18-41(48(33-61)38-6-9-42(62)10-7-38)36-68-26-28-69(29-27-68)43-11-13-46(52(31-43)83-44-30-40-19-23-63-56(40)65-35-44)57(75)67-84(81,82)45-12-14-49(51(32-45)72(79)80)64-34-37-20-24-70(25-21-37)54(74)17-8-39-4-3-5-47-55(39)60(78)71(59(47)77)50-15-16-53(73)66-58(50)76/h3-7,9-14,19,23,30-32,35,37,50,64H,15-16,18,20-22,24-29,33-34,36H2,1-2H3,(H,63,65)(H,67,75)(H,66,73,76). The van der Waals surface area contributed by atoms with Gasteiger partial charge in [0.05, 0.1) is 32.7 Å². The van der Waals surface area contributed by atoms with E-state index in [0.29, 0.717) is 55.4 Å². The number of nitro groups is 1. The molecule has 1 aliphatic carbocycles. The van der Waals surface area contributed by atoms with Crippen molar-refractivity contribution in [3.8, 4) is 23.3 Å². The lowest BCUT2D eigenvalue weighted by Crippen LogP contribution is -2.54. The smallest absolute Gasteiger partial charge is 0.298 e. The number of anilines is 2. The van der Waals surface area contributed by atoms with Gasteiger partial charge in [-0.1, -0.05) is 55.1 Å². The average molecular weight is 1180 g/mol. The number of H-pyrrole nitrogens is 1. The summed E-state index contributed by atoms with van der Waals surface area (Å²) in [5, 5.41) is 19.2. The number of pyridine rings is 1. The minimum atomic E-state index is -4.70. The van der Waals surface area contributed by atoms with E-state index in [2.05, 4.69) is 72.9 Å². The molecule has 0 bridgehead atoms. The first-order valence-electron chi connectivity index (χ1n) is 27.7. The zero-order valence-electron chi connectivity index (χ0n) is 46.0. The number of piperidine rings is 2. The van der Waals surface area contributed by atoms with Gasteiger partial charge in [-0.3, -0.25) is 54.0 Å². The molecule has 0 radical (unpaired) electrons. The maximum atomic E-state index is 14.1. The molecule has 4 N–H and O–H groups in total. The zero-order chi connectivity index (χ0) is 59.0. The molecule has 3 fully saturated rings. The highest BCUT2D eigenvalue weighted by molar-refractivity contribution is 7.90. The van der Waals surface area contributed by atoms with Gasteiger partial charge in [0.1, 0.15) is 28.9 Å². The molecule has 432 valence electrons. The first-order valence-corrected chi connectivity index (χ1v) is 29.6. The van der Waals surface area contributed by atoms with Crippen LogP contribution in [0.4, 0.5) is 17.1 Å². The molecule has 2 aromatic heterocycles. The number of aromatic amines is 1. The number of imide groups is 2. The highest BCUT2D eigenvalue weighted by atomic mass is 35.5. The molecule has 3 saturated heterocycles. The van der Waals surface area contributed by atoms with E-state index < -0.39 is 67.0 Å². The largest absolute Gasteiger partial charge is 0.455 e. The summed E-state index contributed by atoms with van der Waals surface area (Å²) in [6.07, 6.45) is 7.28. The van der Waals surface area contributed by atoms with E-state index in [0.717, 1.165) is 60.9 Å². The Morgan fingerprint density at radius 1 is 0.905 bits per heavy atom. The van der Waals surface area contributed by atoms with Gasteiger partial charge in [0.15, 0.2) is 0 Å². The van der Waals surface area contributed by atoms with Crippen LogP contribution in [0, 0.1) is 33.3 Å². The Morgan fingerprint density at radius 2 is 1.68 bits per heavy atom. The van der Waals surface area contributed by atoms with Crippen molar-refractivity contribution in [2.75, 3.05) is 62.6 Å². The van der Waals surface area contributed by atoms with E-state index in [1.807, 2.05) is 18.2 Å². The summed E-state index contributed by atoms with van der Waals surface area (Å²) < 4.78 is 36.4. The normalized spacial score (nSPS) is 18.5. The van der Waals surface area contributed by atoms with Crippen molar-refractivity contribution in [1.29, 1.82) is 0 Å². The molecule has 84 heavy (non-hydrogen) atoms. The van der Waals surface area contributed by atoms with Crippen LogP contribution in [-0.4, -0.2) is 132 Å². The molecule has 11 rings (SSSR count). The second-order valence-electron chi connectivity index (χ2n) is 22.5. The molecular weight excluding hydrogens is 1120 g/mol. The molecule has 0 saturated carbocycles. The molecule has 1 unspecified atom stereocenters. The number of hydrogen-bond donors (Lipinski definition) is 4. The Balaban J connectivity index is 0.727. The van der Waals surface area contributed by atoms with Gasteiger partial charge < -0.3 is 24.8 Å². The minimum Gasteiger partial charge on any atom is -0.455 e. The van der Waals surface area contributed by atoms with Crippen molar-refractivity contribution in [3.05, 3.63) is 152 Å². The fourth-order valence-electron chi connectivity index (χ4n) is 11.6. The Bertz CT molecular complexity index is 3910. The molecular formula is C61H59ClN10O11S. The van der Waals surface area contributed by atoms with Crippen LogP contribution in [0.5, 0.6) is 11.5 Å². The molecule has 0 spiro atoms. The van der Waals surface area contributed by atoms with Crippen LogP contribution >= 0.6 is 11.6 Å². The number of rotatable bonds is 14. The molecule has 6 aromatic rings. The number of benzene rings is 4. The van der Waals surface area contributed by atoms with E-state index in [1.54, 1.807) is 24.4 Å². The lowest BCUT2D eigenvalue weighted by atomic mass is 9.72. The summed E-state index contributed by atoms with van der Waals surface area (Å²) >= 11 is 6.26. The van der Waals surface area contributed by atoms with Crippen LogP contribution in [0.15, 0.2) is 114 Å². The summed E-state index contributed by atoms with van der Waals surface area (Å²) in [5.41, 5.74) is 5.16. The third kappa shape index (κ3) is 12.1. The van der Waals surface area contributed by atoms with Crippen LogP contribution in [0.3, 0.4) is 0 Å². The number of likely N-dealkylation sites (tertiary alicyclic amines) is 1. The number of sulfonamides is 1. The summed E-state index contributed by atoms with van der Waals surface area (Å²) in [6, 6.07) is 23.3. The maximum Gasteiger partial charge on any atom is 0.298 e. The zero-order valence-corrected chi connectivity index (χ0v) is 47.6. The molecule has 6 amide bonds. The molecule has 21 nitrogen and oxygen atoms in total. The second-order valence-corrected chi connectivity index (χ2v) is 24.6. The SMILES string of the molecule is CC1(C)CCC(CN2CCN(c3ccc(C(=O)NS(=O)(=O)c4ccc(NCC5CCN(C(=O)C#Cc6cccc7c6C(=O)N(C6CCC(=O)NC6=O)C7=O)CC5)c([N+](=O)[O-])c4)c(Oc4cnc5[nH]ccc5c4)c3)CC2)=C(c2ccc(Cl)cc2)C1. The van der Waals surface area contributed by atoms with Gasteiger partial charge in [-0.15, -0.1) is 0 Å². The number of allylic oxidation sites excluding steroid dienone is 1. The lowest BCUT2D eigenvalue weighted by molar-refractivity contribution is -0.384. The summed E-state index contributed by atoms with van der Waals surface area (Å²) in [6.45, 7) is 9.23. The van der Waals surface area contributed by atoms with Gasteiger partial charge in [-0.2, -0.15) is 0 Å². The van der Waals surface area contributed by atoms with Gasteiger partial charge in [-0.05, 0) is 122 Å². The van der Waals surface area contributed by atoms with E-state index >= 15 is 0 Å². The van der Waals surface area contributed by atoms with E-state index in [9.17, 15) is 47.3 Å². The van der Waals surface area contributed by atoms with Crippen molar-refractivity contribution in [1.82, 2.24) is 34.7 Å².